The van der Waals surface area contributed by atoms with Crippen LogP contribution < -0.4 is 10.1 Å². The molecule has 0 radical (unpaired) electrons. The SMILES string of the molecule is O=C(CN1CCCCCC1)Nc1ccc(OCCc2ccccc2)cc1. The zero-order chi connectivity index (χ0) is 18.0. The summed E-state index contributed by atoms with van der Waals surface area (Å²) >= 11 is 0. The molecule has 26 heavy (non-hydrogen) atoms. The topological polar surface area (TPSA) is 41.6 Å². The van der Waals surface area contributed by atoms with E-state index in [9.17, 15) is 4.79 Å². The van der Waals surface area contributed by atoms with Gasteiger partial charge in [-0.1, -0.05) is 43.2 Å². The van der Waals surface area contributed by atoms with E-state index in [1.807, 2.05) is 42.5 Å². The molecule has 1 fully saturated rings. The molecule has 0 bridgehead atoms. The maximum absolute atomic E-state index is 12.2. The first kappa shape index (κ1) is 18.5. The number of hydrogen-bond donors (Lipinski definition) is 1. The minimum Gasteiger partial charge on any atom is -0.493 e. The fourth-order valence-corrected chi connectivity index (χ4v) is 3.26. The van der Waals surface area contributed by atoms with Crippen molar-refractivity contribution in [3.8, 4) is 5.75 Å². The van der Waals surface area contributed by atoms with Crippen LogP contribution in [0.25, 0.3) is 0 Å². The van der Waals surface area contributed by atoms with Crippen molar-refractivity contribution in [1.82, 2.24) is 4.90 Å². The van der Waals surface area contributed by atoms with Crippen LogP contribution in [0.15, 0.2) is 54.6 Å². The molecule has 138 valence electrons. The van der Waals surface area contributed by atoms with Gasteiger partial charge in [-0.25, -0.2) is 0 Å². The van der Waals surface area contributed by atoms with Crippen molar-refractivity contribution < 1.29 is 9.53 Å². The van der Waals surface area contributed by atoms with Gasteiger partial charge in [0.05, 0.1) is 13.2 Å². The predicted molar refractivity (Wildman–Crippen MR) is 106 cm³/mol. The summed E-state index contributed by atoms with van der Waals surface area (Å²) in [6.45, 7) is 3.18. The molecule has 0 spiro atoms. The van der Waals surface area contributed by atoms with E-state index in [4.69, 9.17) is 4.74 Å². The zero-order valence-electron chi connectivity index (χ0n) is 15.3. The summed E-state index contributed by atoms with van der Waals surface area (Å²) in [7, 11) is 0. The number of carbonyl (C=O) groups is 1. The highest BCUT2D eigenvalue weighted by Crippen LogP contribution is 2.16. The van der Waals surface area contributed by atoms with Crippen LogP contribution in [0.5, 0.6) is 5.75 Å². The molecule has 2 aromatic carbocycles. The van der Waals surface area contributed by atoms with E-state index in [-0.39, 0.29) is 5.91 Å². The molecule has 4 nitrogen and oxygen atoms in total. The van der Waals surface area contributed by atoms with Gasteiger partial charge in [-0.3, -0.25) is 9.69 Å². The smallest absolute Gasteiger partial charge is 0.238 e. The molecule has 2 aromatic rings. The quantitative estimate of drug-likeness (QED) is 0.815. The minimum atomic E-state index is 0.0599. The van der Waals surface area contributed by atoms with E-state index < -0.39 is 0 Å². The van der Waals surface area contributed by atoms with Gasteiger partial charge in [0.15, 0.2) is 0 Å². The molecule has 1 heterocycles. The number of anilines is 1. The number of benzene rings is 2. The van der Waals surface area contributed by atoms with Crippen molar-refractivity contribution in [3.63, 3.8) is 0 Å². The Balaban J connectivity index is 1.41. The lowest BCUT2D eigenvalue weighted by Crippen LogP contribution is -2.33. The van der Waals surface area contributed by atoms with Gasteiger partial charge in [-0.05, 0) is 55.8 Å². The largest absolute Gasteiger partial charge is 0.493 e. The summed E-state index contributed by atoms with van der Waals surface area (Å²) in [6.07, 6.45) is 5.84. The molecule has 1 aliphatic heterocycles. The lowest BCUT2D eigenvalue weighted by molar-refractivity contribution is -0.117. The van der Waals surface area contributed by atoms with Gasteiger partial charge in [-0.2, -0.15) is 0 Å². The molecule has 1 amide bonds. The second kappa shape index (κ2) is 9.97. The Hall–Kier alpha value is -2.33. The summed E-state index contributed by atoms with van der Waals surface area (Å²) in [5, 5.41) is 2.98. The molecule has 1 N–H and O–H groups in total. The fraction of sp³-hybridized carbons (Fsp3) is 0.409. The third-order valence-electron chi connectivity index (χ3n) is 4.71. The first-order valence-electron chi connectivity index (χ1n) is 9.58. The van der Waals surface area contributed by atoms with E-state index in [1.165, 1.54) is 31.2 Å². The van der Waals surface area contributed by atoms with Crippen LogP contribution in [0.4, 0.5) is 5.69 Å². The number of likely N-dealkylation sites (tertiary alicyclic amines) is 1. The molecule has 4 heteroatoms. The number of hydrogen-bond acceptors (Lipinski definition) is 3. The number of nitrogens with one attached hydrogen (secondary N) is 1. The fourth-order valence-electron chi connectivity index (χ4n) is 3.26. The third kappa shape index (κ3) is 6.19. The van der Waals surface area contributed by atoms with E-state index in [0.29, 0.717) is 13.2 Å². The van der Waals surface area contributed by atoms with Crippen molar-refractivity contribution in [2.24, 2.45) is 0 Å². The number of carbonyl (C=O) groups excluding carboxylic acids is 1. The lowest BCUT2D eigenvalue weighted by Gasteiger charge is -2.19. The van der Waals surface area contributed by atoms with Gasteiger partial charge in [0.2, 0.25) is 5.91 Å². The third-order valence-corrected chi connectivity index (χ3v) is 4.71. The highest BCUT2D eigenvalue weighted by molar-refractivity contribution is 5.92. The Morgan fingerprint density at radius 1 is 0.923 bits per heavy atom. The molecule has 0 aromatic heterocycles. The number of ether oxygens (including phenoxy) is 1. The molecular weight excluding hydrogens is 324 g/mol. The van der Waals surface area contributed by atoms with Crippen LogP contribution in [0, 0.1) is 0 Å². The molecule has 0 atom stereocenters. The number of amides is 1. The molecule has 1 aliphatic rings. The summed E-state index contributed by atoms with van der Waals surface area (Å²) in [4.78, 5) is 14.5. The van der Waals surface area contributed by atoms with Crippen LogP contribution in [0.1, 0.15) is 31.2 Å². The van der Waals surface area contributed by atoms with Crippen molar-refractivity contribution in [2.75, 3.05) is 31.6 Å². The van der Waals surface area contributed by atoms with Crippen LogP contribution >= 0.6 is 0 Å². The minimum absolute atomic E-state index is 0.0599. The highest BCUT2D eigenvalue weighted by atomic mass is 16.5. The van der Waals surface area contributed by atoms with E-state index in [0.717, 1.165) is 30.9 Å². The van der Waals surface area contributed by atoms with E-state index in [1.54, 1.807) is 0 Å². The summed E-state index contributed by atoms with van der Waals surface area (Å²) in [5.41, 5.74) is 2.09. The summed E-state index contributed by atoms with van der Waals surface area (Å²) < 4.78 is 5.78. The maximum Gasteiger partial charge on any atom is 0.238 e. The highest BCUT2D eigenvalue weighted by Gasteiger charge is 2.13. The predicted octanol–water partition coefficient (Wildman–Crippen LogP) is 4.12. The van der Waals surface area contributed by atoms with Gasteiger partial charge in [0.25, 0.3) is 0 Å². The van der Waals surface area contributed by atoms with Gasteiger partial charge >= 0.3 is 0 Å². The van der Waals surface area contributed by atoms with Crippen molar-refractivity contribution in [2.45, 2.75) is 32.1 Å². The average Bonchev–Trinajstić information content (AvgIpc) is 2.93. The van der Waals surface area contributed by atoms with Gasteiger partial charge in [0.1, 0.15) is 5.75 Å². The molecule has 3 rings (SSSR count). The van der Waals surface area contributed by atoms with Crippen LogP contribution in [0.2, 0.25) is 0 Å². The van der Waals surface area contributed by atoms with Crippen molar-refractivity contribution >= 4 is 11.6 Å². The Morgan fingerprint density at radius 3 is 2.31 bits per heavy atom. The van der Waals surface area contributed by atoms with E-state index in [2.05, 4.69) is 22.3 Å². The summed E-state index contributed by atoms with van der Waals surface area (Å²) in [6, 6.07) is 17.9. The van der Waals surface area contributed by atoms with Gasteiger partial charge < -0.3 is 10.1 Å². The standard InChI is InChI=1S/C22H28N2O2/c25-22(18-24-15-6-1-2-7-16-24)23-20-10-12-21(13-11-20)26-17-14-19-8-4-3-5-9-19/h3-5,8-13H,1-2,6-7,14-18H2,(H,23,25). The number of rotatable bonds is 7. The Labute approximate surface area is 156 Å². The van der Waals surface area contributed by atoms with Crippen molar-refractivity contribution in [1.29, 1.82) is 0 Å². The zero-order valence-corrected chi connectivity index (χ0v) is 15.3. The normalized spacial score (nSPS) is 15.2. The van der Waals surface area contributed by atoms with E-state index >= 15 is 0 Å². The monoisotopic (exact) mass is 352 g/mol. The van der Waals surface area contributed by atoms with Crippen LogP contribution in [0.3, 0.4) is 0 Å². The second-order valence-electron chi connectivity index (χ2n) is 6.85. The summed E-state index contributed by atoms with van der Waals surface area (Å²) in [5.74, 6) is 0.885. The molecule has 0 saturated carbocycles. The van der Waals surface area contributed by atoms with Crippen LogP contribution in [-0.2, 0) is 11.2 Å². The molecule has 0 aliphatic carbocycles. The Kier molecular flexibility index (Phi) is 7.08. The molecule has 1 saturated heterocycles. The van der Waals surface area contributed by atoms with Crippen molar-refractivity contribution in [3.05, 3.63) is 60.2 Å². The molecule has 0 unspecified atom stereocenters. The lowest BCUT2D eigenvalue weighted by atomic mass is 10.2. The second-order valence-corrected chi connectivity index (χ2v) is 6.85. The Bertz CT molecular complexity index is 662. The van der Waals surface area contributed by atoms with Gasteiger partial charge in [-0.15, -0.1) is 0 Å². The number of nitrogens with zero attached hydrogens (tertiary/aromatic N) is 1. The van der Waals surface area contributed by atoms with Gasteiger partial charge in [0, 0.05) is 12.1 Å². The van der Waals surface area contributed by atoms with Crippen LogP contribution in [-0.4, -0.2) is 37.0 Å². The first-order chi connectivity index (χ1) is 12.8. The molecular formula is C22H28N2O2. The maximum atomic E-state index is 12.2. The first-order valence-corrected chi connectivity index (χ1v) is 9.58. The Morgan fingerprint density at radius 2 is 1.62 bits per heavy atom. The average molecular weight is 352 g/mol.